The number of nitrogens with one attached hydrogen (secondary N) is 1. The first-order valence-corrected chi connectivity index (χ1v) is 11.6. The fraction of sp³-hybridized carbons (Fsp3) is 0.440. The topological polar surface area (TPSA) is 83.4 Å². The molecule has 2 aromatic heterocycles. The predicted octanol–water partition coefficient (Wildman–Crippen LogP) is 2.70. The van der Waals surface area contributed by atoms with E-state index in [1.54, 1.807) is 6.92 Å². The maximum atomic E-state index is 13.2. The zero-order valence-corrected chi connectivity index (χ0v) is 19.5. The zero-order chi connectivity index (χ0) is 23.1. The number of amides is 2. The molecular formula is C25H30N6O2. The van der Waals surface area contributed by atoms with Crippen LogP contribution in [0, 0.1) is 6.92 Å². The van der Waals surface area contributed by atoms with Crippen LogP contribution in [0.4, 0.5) is 5.82 Å². The SMILES string of the molecule is CNc1nc([C@@H]2CCN(C(=O)Cn3c(C)cc4ccccc43)C2)nc2c1CN(C(C)=O)CC2. The number of anilines is 1. The number of nitrogens with zero attached hydrogens (tertiary/aromatic N) is 5. The lowest BCUT2D eigenvalue weighted by molar-refractivity contribution is -0.131. The Morgan fingerprint density at radius 3 is 2.76 bits per heavy atom. The summed E-state index contributed by atoms with van der Waals surface area (Å²) in [7, 11) is 1.85. The van der Waals surface area contributed by atoms with Crippen LogP contribution in [-0.2, 0) is 29.1 Å². The van der Waals surface area contributed by atoms with Gasteiger partial charge in [0.15, 0.2) is 0 Å². The largest absolute Gasteiger partial charge is 0.373 e. The van der Waals surface area contributed by atoms with Gasteiger partial charge in [0, 0.05) is 62.7 Å². The third kappa shape index (κ3) is 3.94. The molecule has 2 amide bonds. The van der Waals surface area contributed by atoms with E-state index < -0.39 is 0 Å². The molecule has 1 aromatic carbocycles. The predicted molar refractivity (Wildman–Crippen MR) is 127 cm³/mol. The van der Waals surface area contributed by atoms with E-state index >= 15 is 0 Å². The van der Waals surface area contributed by atoms with Crippen molar-refractivity contribution in [1.82, 2.24) is 24.3 Å². The molecule has 0 radical (unpaired) electrons. The average molecular weight is 447 g/mol. The van der Waals surface area contributed by atoms with Crippen molar-refractivity contribution >= 4 is 28.5 Å². The van der Waals surface area contributed by atoms with Gasteiger partial charge in [-0.05, 0) is 30.9 Å². The van der Waals surface area contributed by atoms with Gasteiger partial charge in [-0.1, -0.05) is 18.2 Å². The average Bonchev–Trinajstić information content (AvgIpc) is 3.43. The third-order valence-corrected chi connectivity index (χ3v) is 6.98. The molecule has 1 atom stereocenters. The highest BCUT2D eigenvalue weighted by Crippen LogP contribution is 2.30. The lowest BCUT2D eigenvalue weighted by atomic mass is 10.0. The van der Waals surface area contributed by atoms with Crippen LogP contribution in [0.25, 0.3) is 10.9 Å². The van der Waals surface area contributed by atoms with E-state index in [4.69, 9.17) is 9.97 Å². The Kier molecular flexibility index (Phi) is 5.52. The number of likely N-dealkylation sites (tertiary alicyclic amines) is 1. The van der Waals surface area contributed by atoms with Crippen molar-refractivity contribution in [3.05, 3.63) is 53.1 Å². The standard InChI is InChI=1S/C25H30N6O2/c1-16-12-18-6-4-5-7-22(18)31(16)15-23(33)30-10-8-19(13-30)24-27-21-9-11-29(17(2)32)14-20(21)25(26-3)28-24/h4-7,12,19H,8-11,13-15H2,1-3H3,(H,26,27,28)/t19-/m1/s1. The Bertz CT molecular complexity index is 1220. The minimum Gasteiger partial charge on any atom is -0.373 e. The van der Waals surface area contributed by atoms with E-state index in [1.807, 2.05) is 35.9 Å². The van der Waals surface area contributed by atoms with Crippen molar-refractivity contribution in [3.63, 3.8) is 0 Å². The Hall–Kier alpha value is -3.42. The van der Waals surface area contributed by atoms with Gasteiger partial charge in [0.25, 0.3) is 0 Å². The maximum Gasteiger partial charge on any atom is 0.242 e. The summed E-state index contributed by atoms with van der Waals surface area (Å²) < 4.78 is 2.10. The molecule has 0 bridgehead atoms. The second-order valence-electron chi connectivity index (χ2n) is 9.05. The highest BCUT2D eigenvalue weighted by molar-refractivity contribution is 5.84. The molecule has 5 rings (SSSR count). The molecule has 4 heterocycles. The maximum absolute atomic E-state index is 13.2. The molecule has 172 valence electrons. The number of hydrogen-bond donors (Lipinski definition) is 1. The molecular weight excluding hydrogens is 416 g/mol. The van der Waals surface area contributed by atoms with Crippen molar-refractivity contribution in [1.29, 1.82) is 0 Å². The summed E-state index contributed by atoms with van der Waals surface area (Å²) in [5.41, 5.74) is 4.21. The van der Waals surface area contributed by atoms with Gasteiger partial charge in [0.2, 0.25) is 11.8 Å². The van der Waals surface area contributed by atoms with E-state index in [-0.39, 0.29) is 17.7 Å². The number of carbonyl (C=O) groups excluding carboxylic acids is 2. The van der Waals surface area contributed by atoms with Crippen LogP contribution in [0.1, 0.15) is 42.0 Å². The third-order valence-electron chi connectivity index (χ3n) is 6.98. The van der Waals surface area contributed by atoms with Crippen LogP contribution >= 0.6 is 0 Å². The highest BCUT2D eigenvalue weighted by Gasteiger charge is 2.32. The van der Waals surface area contributed by atoms with E-state index in [1.165, 1.54) is 0 Å². The fourth-order valence-electron chi connectivity index (χ4n) is 5.08. The van der Waals surface area contributed by atoms with Crippen molar-refractivity contribution in [2.75, 3.05) is 32.0 Å². The molecule has 1 N–H and O–H groups in total. The Balaban J connectivity index is 1.32. The Morgan fingerprint density at radius 2 is 1.97 bits per heavy atom. The summed E-state index contributed by atoms with van der Waals surface area (Å²) in [6.07, 6.45) is 1.59. The summed E-state index contributed by atoms with van der Waals surface area (Å²) in [5, 5.41) is 4.35. The van der Waals surface area contributed by atoms with Crippen LogP contribution in [0.2, 0.25) is 0 Å². The smallest absolute Gasteiger partial charge is 0.242 e. The van der Waals surface area contributed by atoms with Gasteiger partial charge in [0.1, 0.15) is 18.2 Å². The number of carbonyl (C=O) groups is 2. The highest BCUT2D eigenvalue weighted by atomic mass is 16.2. The second kappa shape index (κ2) is 8.50. The van der Waals surface area contributed by atoms with Gasteiger partial charge in [-0.3, -0.25) is 9.59 Å². The second-order valence-corrected chi connectivity index (χ2v) is 9.05. The number of hydrogen-bond acceptors (Lipinski definition) is 5. The number of aromatic nitrogens is 3. The quantitative estimate of drug-likeness (QED) is 0.666. The number of para-hydroxylation sites is 1. The van der Waals surface area contributed by atoms with E-state index in [0.29, 0.717) is 26.2 Å². The number of rotatable bonds is 4. The van der Waals surface area contributed by atoms with E-state index in [0.717, 1.165) is 58.9 Å². The lowest BCUT2D eigenvalue weighted by Crippen LogP contribution is -2.36. The van der Waals surface area contributed by atoms with E-state index in [9.17, 15) is 9.59 Å². The normalized spacial score (nSPS) is 18.0. The van der Waals surface area contributed by atoms with Gasteiger partial charge in [-0.25, -0.2) is 9.97 Å². The molecule has 1 fully saturated rings. The summed E-state index contributed by atoms with van der Waals surface area (Å²) >= 11 is 0. The minimum absolute atomic E-state index is 0.0717. The summed E-state index contributed by atoms with van der Waals surface area (Å²) in [6.45, 7) is 6.57. The first kappa shape index (κ1) is 21.4. The molecule has 8 heteroatoms. The molecule has 1 saturated heterocycles. The van der Waals surface area contributed by atoms with Crippen LogP contribution in [0.3, 0.4) is 0 Å². The molecule has 2 aliphatic heterocycles. The number of aryl methyl sites for hydroxylation is 1. The monoisotopic (exact) mass is 446 g/mol. The number of fused-ring (bicyclic) bond motifs is 2. The summed E-state index contributed by atoms with van der Waals surface area (Å²) in [5.74, 6) is 1.92. The molecule has 8 nitrogen and oxygen atoms in total. The molecule has 0 aliphatic carbocycles. The Morgan fingerprint density at radius 1 is 1.15 bits per heavy atom. The molecule has 3 aromatic rings. The van der Waals surface area contributed by atoms with Crippen molar-refractivity contribution in [2.45, 2.75) is 45.7 Å². The summed E-state index contributed by atoms with van der Waals surface area (Å²) in [6, 6.07) is 10.3. The number of benzene rings is 1. The Labute approximate surface area is 193 Å². The van der Waals surface area contributed by atoms with Crippen LogP contribution < -0.4 is 5.32 Å². The van der Waals surface area contributed by atoms with E-state index in [2.05, 4.69) is 28.1 Å². The van der Waals surface area contributed by atoms with Gasteiger partial charge < -0.3 is 19.7 Å². The van der Waals surface area contributed by atoms with Gasteiger partial charge in [-0.2, -0.15) is 0 Å². The van der Waals surface area contributed by atoms with Crippen LogP contribution in [0.5, 0.6) is 0 Å². The first-order chi connectivity index (χ1) is 15.9. The molecule has 33 heavy (non-hydrogen) atoms. The van der Waals surface area contributed by atoms with Crippen molar-refractivity contribution in [2.24, 2.45) is 0 Å². The summed E-state index contributed by atoms with van der Waals surface area (Å²) in [4.78, 5) is 38.4. The van der Waals surface area contributed by atoms with Crippen LogP contribution in [0.15, 0.2) is 30.3 Å². The first-order valence-electron chi connectivity index (χ1n) is 11.6. The van der Waals surface area contributed by atoms with Gasteiger partial charge >= 0.3 is 0 Å². The minimum atomic E-state index is 0.0717. The van der Waals surface area contributed by atoms with Gasteiger partial charge in [0.05, 0.1) is 12.2 Å². The molecule has 0 saturated carbocycles. The molecule has 0 spiro atoms. The zero-order valence-electron chi connectivity index (χ0n) is 19.5. The lowest BCUT2D eigenvalue weighted by Gasteiger charge is -2.29. The van der Waals surface area contributed by atoms with Crippen molar-refractivity contribution in [3.8, 4) is 0 Å². The molecule has 2 aliphatic rings. The fourth-order valence-corrected chi connectivity index (χ4v) is 5.08. The van der Waals surface area contributed by atoms with Crippen LogP contribution in [-0.4, -0.2) is 62.8 Å². The van der Waals surface area contributed by atoms with Crippen molar-refractivity contribution < 1.29 is 9.59 Å². The van der Waals surface area contributed by atoms with Gasteiger partial charge in [-0.15, -0.1) is 0 Å². The molecule has 0 unspecified atom stereocenters.